The minimum absolute atomic E-state index is 0.0168. The highest BCUT2D eigenvalue weighted by Gasteiger charge is 2.19. The van der Waals surface area contributed by atoms with Gasteiger partial charge in [0.1, 0.15) is 0 Å². The van der Waals surface area contributed by atoms with E-state index in [1.165, 1.54) is 11.1 Å². The Balaban J connectivity index is 1.55. The Morgan fingerprint density at radius 1 is 1.17 bits per heavy atom. The first-order valence-corrected chi connectivity index (χ1v) is 8.33. The molecular formula is C19H21ClN2O. The highest BCUT2D eigenvalue weighted by Crippen LogP contribution is 2.19. The van der Waals surface area contributed by atoms with Crippen LogP contribution < -0.4 is 5.32 Å². The van der Waals surface area contributed by atoms with E-state index in [0.29, 0.717) is 11.6 Å². The fourth-order valence-electron chi connectivity index (χ4n) is 3.01. The molecule has 1 amide bonds. The van der Waals surface area contributed by atoms with Crippen molar-refractivity contribution < 1.29 is 4.79 Å². The monoisotopic (exact) mass is 328 g/mol. The molecule has 1 heterocycles. The number of halogens is 1. The van der Waals surface area contributed by atoms with E-state index < -0.39 is 0 Å². The normalized spacial score (nSPS) is 15.7. The van der Waals surface area contributed by atoms with E-state index in [0.717, 1.165) is 25.1 Å². The maximum absolute atomic E-state index is 12.3. The van der Waals surface area contributed by atoms with Crippen molar-refractivity contribution in [3.8, 4) is 0 Å². The molecule has 1 aliphatic rings. The van der Waals surface area contributed by atoms with Crippen molar-refractivity contribution in [1.82, 2.24) is 10.2 Å². The highest BCUT2D eigenvalue weighted by molar-refractivity contribution is 6.30. The van der Waals surface area contributed by atoms with Gasteiger partial charge in [0.25, 0.3) is 0 Å². The number of benzene rings is 2. The van der Waals surface area contributed by atoms with E-state index >= 15 is 0 Å². The lowest BCUT2D eigenvalue weighted by Gasteiger charge is -2.28. The van der Waals surface area contributed by atoms with E-state index in [2.05, 4.69) is 34.5 Å². The van der Waals surface area contributed by atoms with Crippen LogP contribution in [-0.2, 0) is 17.8 Å². The van der Waals surface area contributed by atoms with Gasteiger partial charge in [-0.05, 0) is 42.2 Å². The van der Waals surface area contributed by atoms with Gasteiger partial charge in [0.15, 0.2) is 0 Å². The molecule has 1 unspecified atom stereocenters. The van der Waals surface area contributed by atoms with Crippen LogP contribution in [0.4, 0.5) is 0 Å². The molecule has 1 N–H and O–H groups in total. The smallest absolute Gasteiger partial charge is 0.234 e. The predicted molar refractivity (Wildman–Crippen MR) is 93.4 cm³/mol. The topological polar surface area (TPSA) is 32.3 Å². The van der Waals surface area contributed by atoms with E-state index in [1.807, 2.05) is 31.2 Å². The lowest BCUT2D eigenvalue weighted by Crippen LogP contribution is -2.40. The van der Waals surface area contributed by atoms with Gasteiger partial charge in [0.2, 0.25) is 5.91 Å². The van der Waals surface area contributed by atoms with Crippen molar-refractivity contribution in [2.45, 2.75) is 25.9 Å². The van der Waals surface area contributed by atoms with Crippen LogP contribution in [-0.4, -0.2) is 23.9 Å². The number of nitrogens with zero attached hydrogens (tertiary/aromatic N) is 1. The fraction of sp³-hybridized carbons (Fsp3) is 0.316. The molecule has 0 aromatic heterocycles. The van der Waals surface area contributed by atoms with Crippen LogP contribution in [0.3, 0.4) is 0 Å². The molecule has 0 bridgehead atoms. The van der Waals surface area contributed by atoms with Gasteiger partial charge in [-0.3, -0.25) is 9.69 Å². The van der Waals surface area contributed by atoms with E-state index in [-0.39, 0.29) is 11.9 Å². The zero-order valence-corrected chi connectivity index (χ0v) is 14.0. The summed E-state index contributed by atoms with van der Waals surface area (Å²) < 4.78 is 0. The highest BCUT2D eigenvalue weighted by atomic mass is 35.5. The summed E-state index contributed by atoms with van der Waals surface area (Å²) in [6.45, 7) is 4.21. The number of hydrogen-bond donors (Lipinski definition) is 1. The second kappa shape index (κ2) is 7.16. The van der Waals surface area contributed by atoms with Gasteiger partial charge >= 0.3 is 0 Å². The first-order valence-electron chi connectivity index (χ1n) is 7.96. The summed E-state index contributed by atoms with van der Waals surface area (Å²) in [4.78, 5) is 14.5. The SMILES string of the molecule is CC(NC(=O)CN1CCc2ccccc2C1)c1ccc(Cl)cc1. The lowest BCUT2D eigenvalue weighted by atomic mass is 10.00. The Morgan fingerprint density at radius 3 is 2.61 bits per heavy atom. The molecule has 0 spiro atoms. The molecule has 1 atom stereocenters. The molecular weight excluding hydrogens is 308 g/mol. The second-order valence-electron chi connectivity index (χ2n) is 6.07. The minimum atomic E-state index is -0.0168. The lowest BCUT2D eigenvalue weighted by molar-refractivity contribution is -0.123. The molecule has 3 rings (SSSR count). The summed E-state index contributed by atoms with van der Waals surface area (Å²) >= 11 is 5.90. The molecule has 0 fully saturated rings. The summed E-state index contributed by atoms with van der Waals surface area (Å²) in [7, 11) is 0. The van der Waals surface area contributed by atoms with E-state index in [9.17, 15) is 4.79 Å². The quantitative estimate of drug-likeness (QED) is 0.930. The Bertz CT molecular complexity index is 684. The molecule has 4 heteroatoms. The number of fused-ring (bicyclic) bond motifs is 1. The molecule has 0 aliphatic carbocycles. The Labute approximate surface area is 142 Å². The van der Waals surface area contributed by atoms with Gasteiger partial charge < -0.3 is 5.32 Å². The molecule has 2 aromatic carbocycles. The third kappa shape index (κ3) is 4.12. The first kappa shape index (κ1) is 16.0. The van der Waals surface area contributed by atoms with Gasteiger partial charge in [-0.2, -0.15) is 0 Å². The van der Waals surface area contributed by atoms with Crippen LogP contribution in [0.25, 0.3) is 0 Å². The maximum Gasteiger partial charge on any atom is 0.234 e. The number of rotatable bonds is 4. The van der Waals surface area contributed by atoms with Crippen molar-refractivity contribution >= 4 is 17.5 Å². The van der Waals surface area contributed by atoms with Crippen LogP contribution in [0.1, 0.15) is 29.7 Å². The van der Waals surface area contributed by atoms with E-state index in [4.69, 9.17) is 11.6 Å². The molecule has 0 saturated carbocycles. The predicted octanol–water partition coefficient (Wildman–Crippen LogP) is 3.58. The zero-order chi connectivity index (χ0) is 16.2. The van der Waals surface area contributed by atoms with Gasteiger partial charge in [0.05, 0.1) is 12.6 Å². The number of amides is 1. The number of hydrogen-bond acceptors (Lipinski definition) is 2. The summed E-state index contributed by atoms with van der Waals surface area (Å²) in [5.41, 5.74) is 3.79. The third-order valence-corrected chi connectivity index (χ3v) is 4.58. The average Bonchev–Trinajstić information content (AvgIpc) is 2.55. The van der Waals surface area contributed by atoms with Crippen molar-refractivity contribution in [3.63, 3.8) is 0 Å². The van der Waals surface area contributed by atoms with Gasteiger partial charge in [-0.1, -0.05) is 48.0 Å². The van der Waals surface area contributed by atoms with Crippen LogP contribution in [0.5, 0.6) is 0 Å². The maximum atomic E-state index is 12.3. The number of carbonyl (C=O) groups excluding carboxylic acids is 1. The van der Waals surface area contributed by atoms with Crippen LogP contribution in [0.15, 0.2) is 48.5 Å². The van der Waals surface area contributed by atoms with Crippen LogP contribution >= 0.6 is 11.6 Å². The van der Waals surface area contributed by atoms with Crippen molar-refractivity contribution in [2.24, 2.45) is 0 Å². The second-order valence-corrected chi connectivity index (χ2v) is 6.51. The largest absolute Gasteiger partial charge is 0.348 e. The standard InChI is InChI=1S/C19H21ClN2O/c1-14(15-6-8-18(20)9-7-15)21-19(23)13-22-11-10-16-4-2-3-5-17(16)12-22/h2-9,14H,10-13H2,1H3,(H,21,23). The Morgan fingerprint density at radius 2 is 1.87 bits per heavy atom. The van der Waals surface area contributed by atoms with Crippen LogP contribution in [0, 0.1) is 0 Å². The van der Waals surface area contributed by atoms with Gasteiger partial charge in [-0.15, -0.1) is 0 Å². The molecule has 23 heavy (non-hydrogen) atoms. The Hall–Kier alpha value is -1.84. The Kier molecular flexibility index (Phi) is 4.99. The molecule has 1 aliphatic heterocycles. The summed E-state index contributed by atoms with van der Waals surface area (Å²) in [6.07, 6.45) is 1.01. The molecule has 120 valence electrons. The fourth-order valence-corrected chi connectivity index (χ4v) is 3.14. The molecule has 0 radical (unpaired) electrons. The molecule has 3 nitrogen and oxygen atoms in total. The van der Waals surface area contributed by atoms with Crippen molar-refractivity contribution in [3.05, 3.63) is 70.2 Å². The first-order chi connectivity index (χ1) is 11.1. The average molecular weight is 329 g/mol. The van der Waals surface area contributed by atoms with E-state index in [1.54, 1.807) is 0 Å². The van der Waals surface area contributed by atoms with Gasteiger partial charge in [0, 0.05) is 18.1 Å². The molecule has 0 saturated heterocycles. The van der Waals surface area contributed by atoms with Crippen molar-refractivity contribution in [2.75, 3.05) is 13.1 Å². The van der Waals surface area contributed by atoms with Gasteiger partial charge in [-0.25, -0.2) is 0 Å². The minimum Gasteiger partial charge on any atom is -0.348 e. The zero-order valence-electron chi connectivity index (χ0n) is 13.3. The summed E-state index contributed by atoms with van der Waals surface area (Å²) in [5.74, 6) is 0.0619. The van der Waals surface area contributed by atoms with Crippen LogP contribution in [0.2, 0.25) is 5.02 Å². The summed E-state index contributed by atoms with van der Waals surface area (Å²) in [6, 6.07) is 16.0. The molecule has 2 aromatic rings. The third-order valence-electron chi connectivity index (χ3n) is 4.32. The summed E-state index contributed by atoms with van der Waals surface area (Å²) in [5, 5.41) is 3.77. The van der Waals surface area contributed by atoms with Crippen molar-refractivity contribution in [1.29, 1.82) is 0 Å². The number of nitrogens with one attached hydrogen (secondary N) is 1. The number of carbonyl (C=O) groups is 1.